The zero-order chi connectivity index (χ0) is 10.1. The summed E-state index contributed by atoms with van der Waals surface area (Å²) in [4.78, 5) is 0. The van der Waals surface area contributed by atoms with Gasteiger partial charge in [0.15, 0.2) is 5.82 Å². The third-order valence-electron chi connectivity index (χ3n) is 1.79. The molecule has 14 heavy (non-hydrogen) atoms. The zero-order valence-electron chi connectivity index (χ0n) is 7.11. The summed E-state index contributed by atoms with van der Waals surface area (Å²) in [7, 11) is 0. The molecule has 0 saturated carbocycles. The van der Waals surface area contributed by atoms with Gasteiger partial charge in [-0.1, -0.05) is 0 Å². The highest BCUT2D eigenvalue weighted by Gasteiger charge is 2.03. The normalized spacial score (nSPS) is 10.4. The summed E-state index contributed by atoms with van der Waals surface area (Å²) in [5.41, 5.74) is 6.32. The van der Waals surface area contributed by atoms with Crippen molar-refractivity contribution in [3.8, 4) is 5.69 Å². The average Bonchev–Trinajstić information content (AvgIpc) is 2.48. The number of aromatic nitrogens is 2. The van der Waals surface area contributed by atoms with Crippen LogP contribution in [0, 0.1) is 5.82 Å². The van der Waals surface area contributed by atoms with Crippen LogP contribution in [0.5, 0.6) is 0 Å². The molecule has 0 unspecified atom stereocenters. The molecule has 0 aliphatic rings. The summed E-state index contributed by atoms with van der Waals surface area (Å²) >= 11 is 3.25. The van der Waals surface area contributed by atoms with Gasteiger partial charge in [0.25, 0.3) is 0 Å². The van der Waals surface area contributed by atoms with E-state index in [-0.39, 0.29) is 5.82 Å². The molecule has 2 aromatic rings. The number of halogens is 2. The van der Waals surface area contributed by atoms with E-state index in [4.69, 9.17) is 5.73 Å². The third kappa shape index (κ3) is 1.63. The van der Waals surface area contributed by atoms with Gasteiger partial charge in [0.05, 0.1) is 10.2 Å². The fraction of sp³-hybridized carbons (Fsp3) is 0. The van der Waals surface area contributed by atoms with E-state index in [1.54, 1.807) is 23.0 Å². The summed E-state index contributed by atoms with van der Waals surface area (Å²) in [5, 5.41) is 4.04. The molecule has 0 saturated heterocycles. The van der Waals surface area contributed by atoms with Crippen molar-refractivity contribution in [3.63, 3.8) is 0 Å². The first-order valence-corrected chi connectivity index (χ1v) is 4.73. The highest BCUT2D eigenvalue weighted by molar-refractivity contribution is 9.10. The minimum atomic E-state index is -0.270. The lowest BCUT2D eigenvalue weighted by Crippen LogP contribution is -1.95. The van der Waals surface area contributed by atoms with Crippen molar-refractivity contribution in [1.82, 2.24) is 9.78 Å². The van der Waals surface area contributed by atoms with Crippen LogP contribution in [-0.4, -0.2) is 9.78 Å². The van der Waals surface area contributed by atoms with Gasteiger partial charge in [0.2, 0.25) is 0 Å². The highest BCUT2D eigenvalue weighted by atomic mass is 79.9. The Morgan fingerprint density at radius 2 is 1.93 bits per heavy atom. The van der Waals surface area contributed by atoms with E-state index < -0.39 is 0 Å². The van der Waals surface area contributed by atoms with Crippen LogP contribution in [-0.2, 0) is 0 Å². The molecule has 0 spiro atoms. The molecule has 5 heteroatoms. The number of hydrogen-bond acceptors (Lipinski definition) is 2. The molecule has 0 fully saturated rings. The standard InChI is InChI=1S/C9H7BrFN3/c10-8-5-14(13-9(8)12)7-3-1-6(11)2-4-7/h1-5H,(H2,12,13). The Labute approximate surface area is 88.5 Å². The van der Waals surface area contributed by atoms with Crippen LogP contribution < -0.4 is 5.73 Å². The molecule has 72 valence electrons. The van der Waals surface area contributed by atoms with Gasteiger partial charge >= 0.3 is 0 Å². The molecular weight excluding hydrogens is 249 g/mol. The molecule has 3 nitrogen and oxygen atoms in total. The first-order valence-electron chi connectivity index (χ1n) is 3.93. The Morgan fingerprint density at radius 1 is 1.29 bits per heavy atom. The fourth-order valence-corrected chi connectivity index (χ4v) is 1.37. The molecule has 0 atom stereocenters. The summed E-state index contributed by atoms with van der Waals surface area (Å²) in [6.07, 6.45) is 1.72. The number of anilines is 1. The Kier molecular flexibility index (Phi) is 2.25. The molecule has 1 aromatic carbocycles. The molecule has 0 aliphatic carbocycles. The number of benzene rings is 1. The third-order valence-corrected chi connectivity index (χ3v) is 2.40. The van der Waals surface area contributed by atoms with Gasteiger partial charge in [-0.3, -0.25) is 0 Å². The SMILES string of the molecule is Nc1nn(-c2ccc(F)cc2)cc1Br. The smallest absolute Gasteiger partial charge is 0.160 e. The average molecular weight is 256 g/mol. The van der Waals surface area contributed by atoms with Gasteiger partial charge < -0.3 is 5.73 Å². The van der Waals surface area contributed by atoms with E-state index in [0.717, 1.165) is 10.2 Å². The van der Waals surface area contributed by atoms with Crippen molar-refractivity contribution in [2.45, 2.75) is 0 Å². The second-order valence-corrected chi connectivity index (χ2v) is 3.64. The second kappa shape index (κ2) is 3.42. The first kappa shape index (κ1) is 9.21. The molecule has 0 radical (unpaired) electrons. The zero-order valence-corrected chi connectivity index (χ0v) is 8.70. The van der Waals surface area contributed by atoms with Gasteiger partial charge in [0.1, 0.15) is 5.82 Å². The Hall–Kier alpha value is -1.36. The first-order chi connectivity index (χ1) is 6.66. The van der Waals surface area contributed by atoms with Crippen molar-refractivity contribution in [3.05, 3.63) is 40.8 Å². The van der Waals surface area contributed by atoms with Crippen LogP contribution in [0.3, 0.4) is 0 Å². The van der Waals surface area contributed by atoms with Crippen LogP contribution in [0.4, 0.5) is 10.2 Å². The Morgan fingerprint density at radius 3 is 2.43 bits per heavy atom. The van der Waals surface area contributed by atoms with E-state index in [2.05, 4.69) is 21.0 Å². The molecule has 1 aromatic heterocycles. The largest absolute Gasteiger partial charge is 0.381 e. The van der Waals surface area contributed by atoms with E-state index >= 15 is 0 Å². The summed E-state index contributed by atoms with van der Waals surface area (Å²) in [6.45, 7) is 0. The summed E-state index contributed by atoms with van der Waals surface area (Å²) in [5.74, 6) is 0.141. The number of hydrogen-bond donors (Lipinski definition) is 1. The molecule has 2 N–H and O–H groups in total. The molecule has 1 heterocycles. The van der Waals surface area contributed by atoms with Crippen LogP contribution >= 0.6 is 15.9 Å². The predicted molar refractivity (Wildman–Crippen MR) is 55.6 cm³/mol. The van der Waals surface area contributed by atoms with Gasteiger partial charge in [0, 0.05) is 6.20 Å². The van der Waals surface area contributed by atoms with Crippen LogP contribution in [0.15, 0.2) is 34.9 Å². The van der Waals surface area contributed by atoms with Crippen molar-refractivity contribution in [2.24, 2.45) is 0 Å². The van der Waals surface area contributed by atoms with Gasteiger partial charge in [-0.2, -0.15) is 0 Å². The number of nitrogen functional groups attached to an aromatic ring is 1. The number of nitrogens with two attached hydrogens (primary N) is 1. The second-order valence-electron chi connectivity index (χ2n) is 2.78. The van der Waals surface area contributed by atoms with Crippen LogP contribution in [0.25, 0.3) is 5.69 Å². The monoisotopic (exact) mass is 255 g/mol. The maximum absolute atomic E-state index is 12.6. The maximum atomic E-state index is 12.6. The highest BCUT2D eigenvalue weighted by Crippen LogP contribution is 2.19. The fourth-order valence-electron chi connectivity index (χ4n) is 1.09. The lowest BCUT2D eigenvalue weighted by molar-refractivity contribution is 0.627. The Bertz CT molecular complexity index is 430. The molecule has 0 bridgehead atoms. The van der Waals surface area contributed by atoms with E-state index in [0.29, 0.717) is 5.82 Å². The Balaban J connectivity index is 2.44. The molecule has 0 aliphatic heterocycles. The molecule has 0 amide bonds. The van der Waals surface area contributed by atoms with Gasteiger partial charge in [-0.15, -0.1) is 5.10 Å². The molecule has 2 rings (SSSR count). The lowest BCUT2D eigenvalue weighted by atomic mass is 10.3. The van der Waals surface area contributed by atoms with Crippen molar-refractivity contribution < 1.29 is 4.39 Å². The molecular formula is C9H7BrFN3. The van der Waals surface area contributed by atoms with Crippen LogP contribution in [0.1, 0.15) is 0 Å². The van der Waals surface area contributed by atoms with Gasteiger partial charge in [-0.25, -0.2) is 9.07 Å². The van der Waals surface area contributed by atoms with Crippen LogP contribution in [0.2, 0.25) is 0 Å². The number of rotatable bonds is 1. The van der Waals surface area contributed by atoms with E-state index in [1.165, 1.54) is 12.1 Å². The summed E-state index contributed by atoms with van der Waals surface area (Å²) in [6, 6.07) is 6.02. The maximum Gasteiger partial charge on any atom is 0.160 e. The van der Waals surface area contributed by atoms with Gasteiger partial charge in [-0.05, 0) is 40.2 Å². The minimum Gasteiger partial charge on any atom is -0.381 e. The quantitative estimate of drug-likeness (QED) is 0.851. The minimum absolute atomic E-state index is 0.270. The van der Waals surface area contributed by atoms with E-state index in [1.807, 2.05) is 0 Å². The van der Waals surface area contributed by atoms with Crippen molar-refractivity contribution >= 4 is 21.7 Å². The summed E-state index contributed by atoms with van der Waals surface area (Å²) < 4.78 is 14.9. The number of nitrogens with zero attached hydrogens (tertiary/aromatic N) is 2. The topological polar surface area (TPSA) is 43.8 Å². The van der Waals surface area contributed by atoms with Crippen molar-refractivity contribution in [2.75, 3.05) is 5.73 Å². The van der Waals surface area contributed by atoms with Crippen molar-refractivity contribution in [1.29, 1.82) is 0 Å². The predicted octanol–water partition coefficient (Wildman–Crippen LogP) is 2.36. The lowest BCUT2D eigenvalue weighted by Gasteiger charge is -1.99. The van der Waals surface area contributed by atoms with E-state index in [9.17, 15) is 4.39 Å².